The number of halogens is 1. The summed E-state index contributed by atoms with van der Waals surface area (Å²) in [6.07, 6.45) is 0.250. The molecule has 7 heteroatoms. The van der Waals surface area contributed by atoms with E-state index in [2.05, 4.69) is 9.97 Å². The van der Waals surface area contributed by atoms with Crippen LogP contribution < -0.4 is 11.3 Å². The van der Waals surface area contributed by atoms with Gasteiger partial charge in [0.1, 0.15) is 5.82 Å². The molecule has 1 heterocycles. The Labute approximate surface area is 126 Å². The van der Waals surface area contributed by atoms with E-state index in [9.17, 15) is 9.59 Å². The number of rotatable bonds is 5. The number of fused-ring (bicyclic) bond motifs is 1. The third-order valence-corrected chi connectivity index (χ3v) is 3.60. The van der Waals surface area contributed by atoms with Crippen LogP contribution in [-0.2, 0) is 11.3 Å². The normalized spacial score (nSPS) is 12.8. The van der Waals surface area contributed by atoms with Crippen LogP contribution in [0.5, 0.6) is 0 Å². The van der Waals surface area contributed by atoms with Crippen LogP contribution >= 0.6 is 11.6 Å². The van der Waals surface area contributed by atoms with Crippen molar-refractivity contribution in [2.75, 3.05) is 7.05 Å². The van der Waals surface area contributed by atoms with Crippen LogP contribution in [0.1, 0.15) is 19.2 Å². The quantitative estimate of drug-likeness (QED) is 0.870. The number of amides is 1. The number of nitrogens with one attached hydrogen (secondary N) is 1. The lowest BCUT2D eigenvalue weighted by Crippen LogP contribution is -2.33. The van der Waals surface area contributed by atoms with Crippen molar-refractivity contribution in [2.45, 2.75) is 25.9 Å². The molecule has 112 valence electrons. The molecule has 0 saturated carbocycles. The molecule has 0 aliphatic heterocycles. The van der Waals surface area contributed by atoms with Crippen LogP contribution in [0.25, 0.3) is 10.9 Å². The number of benzene rings is 1. The van der Waals surface area contributed by atoms with Crippen molar-refractivity contribution in [3.8, 4) is 0 Å². The van der Waals surface area contributed by atoms with Gasteiger partial charge in [-0.25, -0.2) is 4.98 Å². The first-order valence-corrected chi connectivity index (χ1v) is 6.91. The minimum atomic E-state index is -0.360. The monoisotopic (exact) mass is 308 g/mol. The summed E-state index contributed by atoms with van der Waals surface area (Å²) >= 11 is 5.92. The highest BCUT2D eigenvalue weighted by Gasteiger charge is 2.14. The predicted octanol–water partition coefficient (Wildman–Crippen LogP) is 1.27. The molecule has 21 heavy (non-hydrogen) atoms. The van der Waals surface area contributed by atoms with Gasteiger partial charge in [-0.3, -0.25) is 14.5 Å². The van der Waals surface area contributed by atoms with Gasteiger partial charge >= 0.3 is 0 Å². The summed E-state index contributed by atoms with van der Waals surface area (Å²) in [6.45, 7) is 2.30. The Kier molecular flexibility index (Phi) is 4.59. The number of primary amides is 1. The summed E-state index contributed by atoms with van der Waals surface area (Å²) in [4.78, 5) is 32.0. The number of aromatic amines is 1. The van der Waals surface area contributed by atoms with E-state index in [4.69, 9.17) is 17.3 Å². The zero-order valence-corrected chi connectivity index (χ0v) is 12.6. The second-order valence-electron chi connectivity index (χ2n) is 5.11. The number of hydrogen-bond acceptors (Lipinski definition) is 4. The van der Waals surface area contributed by atoms with E-state index >= 15 is 0 Å². The summed E-state index contributed by atoms with van der Waals surface area (Å²) in [5.74, 6) is 0.162. The molecular weight excluding hydrogens is 292 g/mol. The molecule has 0 aliphatic carbocycles. The van der Waals surface area contributed by atoms with Gasteiger partial charge in [0.15, 0.2) is 0 Å². The van der Waals surface area contributed by atoms with Gasteiger partial charge < -0.3 is 10.7 Å². The van der Waals surface area contributed by atoms with Crippen LogP contribution in [0.4, 0.5) is 0 Å². The summed E-state index contributed by atoms with van der Waals surface area (Å²) in [6, 6.07) is 4.92. The zero-order valence-electron chi connectivity index (χ0n) is 11.9. The summed E-state index contributed by atoms with van der Waals surface area (Å²) in [5, 5.41) is 1.03. The Morgan fingerprint density at radius 2 is 2.24 bits per heavy atom. The largest absolute Gasteiger partial charge is 0.370 e. The lowest BCUT2D eigenvalue weighted by molar-refractivity contribution is -0.119. The molecule has 3 N–H and O–H groups in total. The summed E-state index contributed by atoms with van der Waals surface area (Å²) in [5.41, 5.74) is 5.53. The first-order valence-electron chi connectivity index (χ1n) is 6.54. The number of aromatic nitrogens is 2. The first-order chi connectivity index (χ1) is 9.86. The molecule has 1 unspecified atom stereocenters. The molecule has 0 bridgehead atoms. The van der Waals surface area contributed by atoms with Crippen LogP contribution in [0, 0.1) is 0 Å². The highest BCUT2D eigenvalue weighted by molar-refractivity contribution is 6.31. The maximum atomic E-state index is 12.0. The fourth-order valence-electron chi connectivity index (χ4n) is 2.07. The van der Waals surface area contributed by atoms with Crippen molar-refractivity contribution >= 4 is 28.4 Å². The second-order valence-corrected chi connectivity index (χ2v) is 5.55. The van der Waals surface area contributed by atoms with Crippen molar-refractivity contribution in [1.82, 2.24) is 14.9 Å². The number of carbonyl (C=O) groups is 1. The summed E-state index contributed by atoms with van der Waals surface area (Å²) in [7, 11) is 1.84. The van der Waals surface area contributed by atoms with Crippen LogP contribution in [0.3, 0.4) is 0 Å². The Morgan fingerprint density at radius 3 is 2.90 bits per heavy atom. The minimum absolute atomic E-state index is 0.0390. The van der Waals surface area contributed by atoms with Crippen molar-refractivity contribution in [3.05, 3.63) is 39.4 Å². The lowest BCUT2D eigenvalue weighted by atomic mass is 10.2. The highest BCUT2D eigenvalue weighted by Crippen LogP contribution is 2.15. The smallest absolute Gasteiger partial charge is 0.258 e. The van der Waals surface area contributed by atoms with Crippen LogP contribution in [0.2, 0.25) is 5.02 Å². The van der Waals surface area contributed by atoms with Gasteiger partial charge in [0.2, 0.25) is 5.91 Å². The zero-order chi connectivity index (χ0) is 15.6. The van der Waals surface area contributed by atoms with Crippen molar-refractivity contribution < 1.29 is 4.79 Å². The maximum Gasteiger partial charge on any atom is 0.258 e. The van der Waals surface area contributed by atoms with E-state index in [1.54, 1.807) is 18.2 Å². The Bertz CT molecular complexity index is 728. The topological polar surface area (TPSA) is 92.1 Å². The molecule has 1 atom stereocenters. The SMILES string of the molecule is CC(CC(N)=O)N(C)Cc1nc2cc(Cl)ccc2c(=O)[nH]1. The van der Waals surface area contributed by atoms with Crippen molar-refractivity contribution in [3.63, 3.8) is 0 Å². The molecule has 6 nitrogen and oxygen atoms in total. The minimum Gasteiger partial charge on any atom is -0.370 e. The van der Waals surface area contributed by atoms with Crippen LogP contribution in [0.15, 0.2) is 23.0 Å². The van der Waals surface area contributed by atoms with Gasteiger partial charge in [0, 0.05) is 17.5 Å². The predicted molar refractivity (Wildman–Crippen MR) is 82.1 cm³/mol. The average molecular weight is 309 g/mol. The van der Waals surface area contributed by atoms with E-state index in [0.717, 1.165) is 0 Å². The molecule has 1 aromatic heterocycles. The number of H-pyrrole nitrogens is 1. The fraction of sp³-hybridized carbons (Fsp3) is 0.357. The third kappa shape index (κ3) is 3.80. The lowest BCUT2D eigenvalue weighted by Gasteiger charge is -2.22. The fourth-order valence-corrected chi connectivity index (χ4v) is 2.24. The van der Waals surface area contributed by atoms with E-state index in [1.165, 1.54) is 0 Å². The van der Waals surface area contributed by atoms with E-state index in [-0.39, 0.29) is 23.9 Å². The number of hydrogen-bond donors (Lipinski definition) is 2. The molecule has 0 radical (unpaired) electrons. The molecule has 1 aromatic carbocycles. The Hall–Kier alpha value is -1.92. The molecule has 0 aliphatic rings. The summed E-state index contributed by atoms with van der Waals surface area (Å²) < 4.78 is 0. The number of nitrogens with zero attached hydrogens (tertiary/aromatic N) is 2. The number of nitrogens with two attached hydrogens (primary N) is 1. The van der Waals surface area contributed by atoms with Gasteiger partial charge in [0.25, 0.3) is 5.56 Å². The molecular formula is C14H17ClN4O2. The standard InChI is InChI=1S/C14H17ClN4O2/c1-8(5-12(16)20)19(2)7-13-17-11-6-9(15)3-4-10(11)14(21)18-13/h3-4,6,8H,5,7H2,1-2H3,(H2,16,20)(H,17,18,21). The maximum absolute atomic E-state index is 12.0. The molecule has 1 amide bonds. The van der Waals surface area contributed by atoms with E-state index < -0.39 is 0 Å². The van der Waals surface area contributed by atoms with Gasteiger partial charge in [-0.1, -0.05) is 11.6 Å². The molecule has 2 aromatic rings. The Morgan fingerprint density at radius 1 is 1.52 bits per heavy atom. The molecule has 2 rings (SSSR count). The van der Waals surface area contributed by atoms with Gasteiger partial charge in [-0.05, 0) is 32.2 Å². The first kappa shape index (κ1) is 15.5. The number of carbonyl (C=O) groups excluding carboxylic acids is 1. The highest BCUT2D eigenvalue weighted by atomic mass is 35.5. The van der Waals surface area contributed by atoms with Gasteiger partial charge in [0.05, 0.1) is 17.4 Å². The van der Waals surface area contributed by atoms with Gasteiger partial charge in [-0.2, -0.15) is 0 Å². The van der Waals surface area contributed by atoms with E-state index in [0.29, 0.717) is 28.3 Å². The van der Waals surface area contributed by atoms with Crippen LogP contribution in [-0.4, -0.2) is 33.9 Å². The van der Waals surface area contributed by atoms with Crippen molar-refractivity contribution in [2.24, 2.45) is 5.73 Å². The second kappa shape index (κ2) is 6.24. The van der Waals surface area contributed by atoms with Gasteiger partial charge in [-0.15, -0.1) is 0 Å². The van der Waals surface area contributed by atoms with Crippen molar-refractivity contribution in [1.29, 1.82) is 0 Å². The Balaban J connectivity index is 2.26. The molecule has 0 saturated heterocycles. The molecule has 0 spiro atoms. The third-order valence-electron chi connectivity index (χ3n) is 3.37. The average Bonchev–Trinajstić information content (AvgIpc) is 2.37. The molecule has 0 fully saturated rings. The van der Waals surface area contributed by atoms with E-state index in [1.807, 2.05) is 18.9 Å².